The Balaban J connectivity index is 2.42. The number of allylic oxidation sites excluding steroid dienone is 1. The van der Waals surface area contributed by atoms with Crippen molar-refractivity contribution < 1.29 is 18.0 Å². The van der Waals surface area contributed by atoms with E-state index in [-0.39, 0.29) is 17.0 Å². The van der Waals surface area contributed by atoms with Gasteiger partial charge in [0.05, 0.1) is 24.1 Å². The minimum atomic E-state index is -3.70. The molecule has 1 aliphatic rings. The van der Waals surface area contributed by atoms with Crippen molar-refractivity contribution in [2.24, 2.45) is 0 Å². The highest BCUT2D eigenvalue weighted by Crippen LogP contribution is 2.34. The molecular formula is C16H10N2O4S. The Morgan fingerprint density at radius 2 is 1.74 bits per heavy atom. The lowest BCUT2D eigenvalue weighted by Gasteiger charge is -2.11. The molecule has 2 aromatic rings. The minimum absolute atomic E-state index is 0.0130. The van der Waals surface area contributed by atoms with Crippen LogP contribution < -0.4 is 0 Å². The largest absolute Gasteiger partial charge is 0.299 e. The highest BCUT2D eigenvalue weighted by atomic mass is 32.2. The number of aromatic nitrogens is 1. The van der Waals surface area contributed by atoms with Crippen molar-refractivity contribution in [1.82, 2.24) is 3.97 Å². The summed E-state index contributed by atoms with van der Waals surface area (Å²) in [7, 11) is -3.70. The summed E-state index contributed by atoms with van der Waals surface area (Å²) in [5.41, 5.74) is 0.641. The van der Waals surface area contributed by atoms with Crippen molar-refractivity contribution in [3.63, 3.8) is 0 Å². The molecule has 1 aromatic carbocycles. The molecule has 23 heavy (non-hydrogen) atoms. The summed E-state index contributed by atoms with van der Waals surface area (Å²) in [5.74, 6) is -1.79. The second-order valence-electron chi connectivity index (χ2n) is 5.03. The molecule has 0 aliphatic heterocycles. The minimum Gasteiger partial charge on any atom is -0.299 e. The van der Waals surface area contributed by atoms with E-state index in [9.17, 15) is 18.0 Å². The van der Waals surface area contributed by atoms with Gasteiger partial charge in [-0.05, 0) is 11.6 Å². The SMILES string of the molecule is [C-]#[N+]C1=Cc2c(c(-c3ccccc3)cn2S(C)(=O)=O)C(=O)C1=O. The number of carbonyl (C=O) groups excluding carboxylic acids is 2. The van der Waals surface area contributed by atoms with E-state index in [4.69, 9.17) is 6.57 Å². The molecule has 1 aliphatic carbocycles. The summed E-state index contributed by atoms with van der Waals surface area (Å²) in [4.78, 5) is 27.4. The van der Waals surface area contributed by atoms with E-state index in [1.165, 1.54) is 6.20 Å². The topological polar surface area (TPSA) is 77.6 Å². The third-order valence-electron chi connectivity index (χ3n) is 3.51. The van der Waals surface area contributed by atoms with E-state index in [1.807, 2.05) is 0 Å². The Kier molecular flexibility index (Phi) is 3.27. The van der Waals surface area contributed by atoms with Gasteiger partial charge in [0, 0.05) is 11.8 Å². The van der Waals surface area contributed by atoms with E-state index < -0.39 is 21.6 Å². The maximum absolute atomic E-state index is 12.4. The number of ketones is 2. The summed E-state index contributed by atoms with van der Waals surface area (Å²) in [6, 6.07) is 8.71. The van der Waals surface area contributed by atoms with E-state index in [1.54, 1.807) is 30.3 Å². The summed E-state index contributed by atoms with van der Waals surface area (Å²) in [6.07, 6.45) is 3.46. The molecule has 1 heterocycles. The van der Waals surface area contributed by atoms with Crippen molar-refractivity contribution in [1.29, 1.82) is 0 Å². The van der Waals surface area contributed by atoms with E-state index in [2.05, 4.69) is 4.85 Å². The Bertz CT molecular complexity index is 1020. The molecule has 0 radical (unpaired) electrons. The van der Waals surface area contributed by atoms with Crippen LogP contribution in [0, 0.1) is 6.57 Å². The van der Waals surface area contributed by atoms with Gasteiger partial charge in [0.15, 0.2) is 0 Å². The van der Waals surface area contributed by atoms with Gasteiger partial charge in [-0.3, -0.25) is 9.59 Å². The smallest absolute Gasteiger partial charge is 0.239 e. The van der Waals surface area contributed by atoms with Gasteiger partial charge in [-0.2, -0.15) is 0 Å². The average molecular weight is 326 g/mol. The predicted molar refractivity (Wildman–Crippen MR) is 84.0 cm³/mol. The Hall–Kier alpha value is -2.98. The first-order valence-corrected chi connectivity index (χ1v) is 8.39. The second kappa shape index (κ2) is 5.04. The van der Waals surface area contributed by atoms with Crippen LogP contribution in [0.2, 0.25) is 0 Å². The first-order valence-electron chi connectivity index (χ1n) is 6.54. The van der Waals surface area contributed by atoms with Crippen LogP contribution in [0.15, 0.2) is 42.2 Å². The molecular weight excluding hydrogens is 316 g/mol. The van der Waals surface area contributed by atoms with Crippen LogP contribution in [0.25, 0.3) is 22.0 Å². The van der Waals surface area contributed by atoms with Crippen molar-refractivity contribution in [3.8, 4) is 11.1 Å². The molecule has 0 saturated heterocycles. The van der Waals surface area contributed by atoms with Crippen LogP contribution in [0.5, 0.6) is 0 Å². The normalized spacial score (nSPS) is 14.2. The zero-order chi connectivity index (χ0) is 16.8. The molecule has 114 valence electrons. The fraction of sp³-hybridized carbons (Fsp3) is 0.0625. The standard InChI is InChI=1S/C16H10N2O4S/c1-17-12-8-13-14(16(20)15(12)19)11(9-18(13)23(2,21)22)10-6-4-3-5-7-10/h3-9H,2H3. The first-order chi connectivity index (χ1) is 10.8. The van der Waals surface area contributed by atoms with Gasteiger partial charge in [-0.25, -0.2) is 17.2 Å². The molecule has 6 nitrogen and oxygen atoms in total. The quantitative estimate of drug-likeness (QED) is 0.624. The molecule has 3 rings (SSSR count). The van der Waals surface area contributed by atoms with Gasteiger partial charge in [-0.15, -0.1) is 0 Å². The van der Waals surface area contributed by atoms with Gasteiger partial charge in [-0.1, -0.05) is 30.3 Å². The Morgan fingerprint density at radius 3 is 2.30 bits per heavy atom. The third-order valence-corrected chi connectivity index (χ3v) is 4.53. The van der Waals surface area contributed by atoms with Gasteiger partial charge < -0.3 is 0 Å². The van der Waals surface area contributed by atoms with E-state index in [0.29, 0.717) is 11.1 Å². The molecule has 7 heteroatoms. The van der Waals surface area contributed by atoms with Crippen LogP contribution in [-0.4, -0.2) is 30.2 Å². The van der Waals surface area contributed by atoms with Crippen molar-refractivity contribution in [2.45, 2.75) is 0 Å². The molecule has 0 atom stereocenters. The zero-order valence-corrected chi connectivity index (χ0v) is 12.8. The number of Topliss-reactive ketones (excluding diaryl/α,β-unsaturated/α-hetero) is 2. The lowest BCUT2D eigenvalue weighted by atomic mass is 9.93. The van der Waals surface area contributed by atoms with Gasteiger partial charge >= 0.3 is 0 Å². The fourth-order valence-corrected chi connectivity index (χ4v) is 3.29. The molecule has 1 aromatic heterocycles. The summed E-state index contributed by atoms with van der Waals surface area (Å²) in [6.45, 7) is 6.98. The Labute approximate surface area is 132 Å². The molecule has 0 fully saturated rings. The second-order valence-corrected chi connectivity index (χ2v) is 6.89. The number of rotatable bonds is 2. The number of hydrogen-bond acceptors (Lipinski definition) is 4. The van der Waals surface area contributed by atoms with Crippen LogP contribution in [0.4, 0.5) is 0 Å². The summed E-state index contributed by atoms with van der Waals surface area (Å²) in [5, 5.41) is 0. The summed E-state index contributed by atoms with van der Waals surface area (Å²) < 4.78 is 24.9. The first kappa shape index (κ1) is 14.9. The van der Waals surface area contributed by atoms with Crippen molar-refractivity contribution in [2.75, 3.05) is 6.26 Å². The van der Waals surface area contributed by atoms with Crippen molar-refractivity contribution in [3.05, 3.63) is 64.9 Å². The maximum Gasteiger partial charge on any atom is 0.239 e. The molecule has 0 amide bonds. The number of benzene rings is 1. The monoisotopic (exact) mass is 326 g/mol. The van der Waals surface area contributed by atoms with E-state index >= 15 is 0 Å². The van der Waals surface area contributed by atoms with Crippen LogP contribution >= 0.6 is 0 Å². The van der Waals surface area contributed by atoms with Crippen LogP contribution in [-0.2, 0) is 14.8 Å². The highest BCUT2D eigenvalue weighted by Gasteiger charge is 2.34. The molecule has 0 N–H and O–H groups in total. The third kappa shape index (κ3) is 2.29. The van der Waals surface area contributed by atoms with Crippen molar-refractivity contribution >= 4 is 27.7 Å². The number of fused-ring (bicyclic) bond motifs is 1. The summed E-state index contributed by atoms with van der Waals surface area (Å²) >= 11 is 0. The maximum atomic E-state index is 12.4. The lowest BCUT2D eigenvalue weighted by molar-refractivity contribution is -0.111. The van der Waals surface area contributed by atoms with Crippen LogP contribution in [0.3, 0.4) is 0 Å². The average Bonchev–Trinajstić information content (AvgIpc) is 2.91. The van der Waals surface area contributed by atoms with Crippen LogP contribution in [0.1, 0.15) is 16.1 Å². The zero-order valence-electron chi connectivity index (χ0n) is 12.0. The van der Waals surface area contributed by atoms with E-state index in [0.717, 1.165) is 16.3 Å². The lowest BCUT2D eigenvalue weighted by Crippen LogP contribution is -2.22. The number of nitrogens with zero attached hydrogens (tertiary/aromatic N) is 2. The molecule has 0 saturated carbocycles. The molecule has 0 spiro atoms. The van der Waals surface area contributed by atoms with Gasteiger partial charge in [0.2, 0.25) is 27.3 Å². The molecule has 0 bridgehead atoms. The number of carbonyl (C=O) groups is 2. The molecule has 0 unspecified atom stereocenters. The predicted octanol–water partition coefficient (Wildman–Crippen LogP) is 1.99. The van der Waals surface area contributed by atoms with Gasteiger partial charge in [0.25, 0.3) is 0 Å². The fourth-order valence-electron chi connectivity index (χ4n) is 2.49. The number of hydrogen-bond donors (Lipinski definition) is 0. The van der Waals surface area contributed by atoms with Gasteiger partial charge in [0.1, 0.15) is 0 Å². The Morgan fingerprint density at radius 1 is 1.09 bits per heavy atom. The highest BCUT2D eigenvalue weighted by molar-refractivity contribution is 7.89.